The van der Waals surface area contributed by atoms with Gasteiger partial charge in [0.05, 0.1) is 6.61 Å². The molecule has 2 heterocycles. The fourth-order valence-corrected chi connectivity index (χ4v) is 2.86. The second-order valence-electron chi connectivity index (χ2n) is 5.56. The smallest absolute Gasteiger partial charge is 0.138 e. The lowest BCUT2D eigenvalue weighted by Crippen LogP contribution is -1.98. The lowest BCUT2D eigenvalue weighted by atomic mass is 10.0. The first kappa shape index (κ1) is 12.5. The van der Waals surface area contributed by atoms with Crippen molar-refractivity contribution in [3.63, 3.8) is 0 Å². The summed E-state index contributed by atoms with van der Waals surface area (Å²) in [5.74, 6) is 1.50. The number of aliphatic hydroxyl groups excluding tert-OH is 1. The van der Waals surface area contributed by atoms with Crippen LogP contribution in [-0.4, -0.2) is 11.7 Å². The molecule has 3 aromatic rings. The Labute approximate surface area is 122 Å². The van der Waals surface area contributed by atoms with Crippen molar-refractivity contribution in [3.8, 4) is 5.75 Å². The van der Waals surface area contributed by atoms with Crippen LogP contribution in [0.5, 0.6) is 5.75 Å². The van der Waals surface area contributed by atoms with Gasteiger partial charge in [-0.3, -0.25) is 0 Å². The van der Waals surface area contributed by atoms with Crippen LogP contribution in [0.25, 0.3) is 11.0 Å². The molecule has 0 bridgehead atoms. The highest BCUT2D eigenvalue weighted by molar-refractivity contribution is 5.78. The summed E-state index contributed by atoms with van der Waals surface area (Å²) in [6, 6.07) is 13.8. The second kappa shape index (κ2) is 4.64. The summed E-state index contributed by atoms with van der Waals surface area (Å²) in [4.78, 5) is 0. The van der Waals surface area contributed by atoms with E-state index in [1.165, 1.54) is 5.56 Å². The van der Waals surface area contributed by atoms with Gasteiger partial charge in [0.1, 0.15) is 23.2 Å². The molecule has 1 aromatic heterocycles. The Balaban J connectivity index is 1.73. The van der Waals surface area contributed by atoms with Crippen LogP contribution < -0.4 is 4.74 Å². The molecule has 2 aromatic carbocycles. The van der Waals surface area contributed by atoms with Crippen LogP contribution in [0, 0.1) is 6.92 Å². The molecule has 0 saturated carbocycles. The molecule has 1 atom stereocenters. The maximum absolute atomic E-state index is 10.6. The third-order valence-electron chi connectivity index (χ3n) is 3.99. The number of hydrogen-bond acceptors (Lipinski definition) is 3. The van der Waals surface area contributed by atoms with Crippen LogP contribution in [0.1, 0.15) is 28.6 Å². The molecule has 0 aliphatic carbocycles. The average molecular weight is 280 g/mol. The van der Waals surface area contributed by atoms with Crippen molar-refractivity contribution in [2.75, 3.05) is 6.61 Å². The van der Waals surface area contributed by atoms with Crippen molar-refractivity contribution in [1.29, 1.82) is 0 Å². The fourth-order valence-electron chi connectivity index (χ4n) is 2.86. The van der Waals surface area contributed by atoms with Gasteiger partial charge in [-0.2, -0.15) is 0 Å². The number of hydrogen-bond donors (Lipinski definition) is 1. The van der Waals surface area contributed by atoms with E-state index in [1.54, 1.807) is 0 Å². The van der Waals surface area contributed by atoms with Gasteiger partial charge >= 0.3 is 0 Å². The summed E-state index contributed by atoms with van der Waals surface area (Å²) in [5.41, 5.74) is 3.98. The summed E-state index contributed by atoms with van der Waals surface area (Å²) < 4.78 is 11.3. The molecule has 0 fully saturated rings. The molecule has 1 N–H and O–H groups in total. The predicted octanol–water partition coefficient (Wildman–Crippen LogP) is 3.76. The summed E-state index contributed by atoms with van der Waals surface area (Å²) in [5, 5.41) is 11.6. The fraction of sp³-hybridized carbons (Fsp3) is 0.222. The van der Waals surface area contributed by atoms with Crippen molar-refractivity contribution in [2.45, 2.75) is 19.4 Å². The molecule has 1 aliphatic heterocycles. The normalized spacial score (nSPS) is 15.0. The van der Waals surface area contributed by atoms with Gasteiger partial charge in [-0.25, -0.2) is 0 Å². The minimum Gasteiger partial charge on any atom is -0.493 e. The first-order valence-electron chi connectivity index (χ1n) is 7.14. The minimum atomic E-state index is -0.747. The molecular weight excluding hydrogens is 264 g/mol. The lowest BCUT2D eigenvalue weighted by Gasteiger charge is -2.09. The number of aliphatic hydroxyl groups is 1. The zero-order valence-electron chi connectivity index (χ0n) is 11.8. The molecule has 1 aliphatic rings. The van der Waals surface area contributed by atoms with Gasteiger partial charge in [0.15, 0.2) is 0 Å². The van der Waals surface area contributed by atoms with Gasteiger partial charge in [0.25, 0.3) is 0 Å². The van der Waals surface area contributed by atoms with Crippen molar-refractivity contribution in [2.24, 2.45) is 0 Å². The SMILES string of the molecule is Cc1ccc2oc(C(O)c3ccc4c(c3)CCO4)cc2c1. The van der Waals surface area contributed by atoms with E-state index in [2.05, 4.69) is 6.07 Å². The number of aryl methyl sites for hydroxylation is 1. The van der Waals surface area contributed by atoms with Crippen LogP contribution in [0.2, 0.25) is 0 Å². The molecule has 106 valence electrons. The van der Waals surface area contributed by atoms with Gasteiger partial charge in [0.2, 0.25) is 0 Å². The van der Waals surface area contributed by atoms with Gasteiger partial charge in [0, 0.05) is 11.8 Å². The van der Waals surface area contributed by atoms with E-state index < -0.39 is 6.10 Å². The quantitative estimate of drug-likeness (QED) is 0.777. The third kappa shape index (κ3) is 2.10. The molecule has 21 heavy (non-hydrogen) atoms. The number of rotatable bonds is 2. The van der Waals surface area contributed by atoms with E-state index in [9.17, 15) is 5.11 Å². The van der Waals surface area contributed by atoms with Crippen molar-refractivity contribution >= 4 is 11.0 Å². The van der Waals surface area contributed by atoms with Crippen LogP contribution >= 0.6 is 0 Å². The van der Waals surface area contributed by atoms with Gasteiger partial charge < -0.3 is 14.3 Å². The molecule has 0 radical (unpaired) electrons. The molecule has 3 heteroatoms. The Morgan fingerprint density at radius 2 is 2.00 bits per heavy atom. The first-order valence-corrected chi connectivity index (χ1v) is 7.14. The van der Waals surface area contributed by atoms with Crippen molar-refractivity contribution < 1.29 is 14.3 Å². The van der Waals surface area contributed by atoms with E-state index in [-0.39, 0.29) is 0 Å². The Morgan fingerprint density at radius 1 is 1.10 bits per heavy atom. The maximum Gasteiger partial charge on any atom is 0.138 e. The first-order chi connectivity index (χ1) is 10.2. The highest BCUT2D eigenvalue weighted by Gasteiger charge is 2.19. The predicted molar refractivity (Wildman–Crippen MR) is 80.7 cm³/mol. The Kier molecular flexibility index (Phi) is 2.76. The van der Waals surface area contributed by atoms with E-state index >= 15 is 0 Å². The van der Waals surface area contributed by atoms with Gasteiger partial charge in [-0.05, 0) is 48.4 Å². The molecule has 3 nitrogen and oxygen atoms in total. The summed E-state index contributed by atoms with van der Waals surface area (Å²) >= 11 is 0. The maximum atomic E-state index is 10.6. The molecule has 0 amide bonds. The number of fused-ring (bicyclic) bond motifs is 2. The zero-order chi connectivity index (χ0) is 14.4. The van der Waals surface area contributed by atoms with Crippen LogP contribution in [0.4, 0.5) is 0 Å². The molecule has 0 spiro atoms. The minimum absolute atomic E-state index is 0.578. The van der Waals surface area contributed by atoms with E-state index in [0.717, 1.165) is 40.9 Å². The number of benzene rings is 2. The topological polar surface area (TPSA) is 42.6 Å². The zero-order valence-corrected chi connectivity index (χ0v) is 11.8. The second-order valence-corrected chi connectivity index (χ2v) is 5.56. The molecular formula is C18H16O3. The van der Waals surface area contributed by atoms with Crippen molar-refractivity contribution in [1.82, 2.24) is 0 Å². The molecule has 0 saturated heterocycles. The van der Waals surface area contributed by atoms with Crippen LogP contribution in [-0.2, 0) is 6.42 Å². The summed E-state index contributed by atoms with van der Waals surface area (Å²) in [6.45, 7) is 2.77. The van der Waals surface area contributed by atoms with Crippen molar-refractivity contribution in [3.05, 3.63) is 64.9 Å². The van der Waals surface area contributed by atoms with Crippen LogP contribution in [0.15, 0.2) is 46.9 Å². The van der Waals surface area contributed by atoms with Gasteiger partial charge in [-0.1, -0.05) is 17.7 Å². The third-order valence-corrected chi connectivity index (χ3v) is 3.99. The monoisotopic (exact) mass is 280 g/mol. The molecule has 1 unspecified atom stereocenters. The standard InChI is InChI=1S/C18H16O3/c1-11-2-4-16-14(8-11)10-17(21-16)18(19)13-3-5-15-12(9-13)6-7-20-15/h2-5,8-10,18-19H,6-7H2,1H3. The Bertz CT molecular complexity index is 816. The van der Waals surface area contributed by atoms with Gasteiger partial charge in [-0.15, -0.1) is 0 Å². The average Bonchev–Trinajstić information content (AvgIpc) is 3.11. The highest BCUT2D eigenvalue weighted by atomic mass is 16.5. The Morgan fingerprint density at radius 3 is 2.90 bits per heavy atom. The largest absolute Gasteiger partial charge is 0.493 e. The number of furan rings is 1. The highest BCUT2D eigenvalue weighted by Crippen LogP contribution is 2.32. The Hall–Kier alpha value is -2.26. The summed E-state index contributed by atoms with van der Waals surface area (Å²) in [6.07, 6.45) is 0.151. The summed E-state index contributed by atoms with van der Waals surface area (Å²) in [7, 11) is 0. The van der Waals surface area contributed by atoms with E-state index in [4.69, 9.17) is 9.15 Å². The van der Waals surface area contributed by atoms with E-state index in [1.807, 2.05) is 43.3 Å². The lowest BCUT2D eigenvalue weighted by molar-refractivity contribution is 0.192. The van der Waals surface area contributed by atoms with E-state index in [0.29, 0.717) is 5.76 Å². The van der Waals surface area contributed by atoms with Crippen LogP contribution in [0.3, 0.4) is 0 Å². The number of ether oxygens (including phenoxy) is 1. The molecule has 4 rings (SSSR count).